The van der Waals surface area contributed by atoms with E-state index in [2.05, 4.69) is 6.58 Å². The molecular formula is C28H27FN2O4. The number of halogens is 1. The van der Waals surface area contributed by atoms with Crippen molar-refractivity contribution in [2.24, 2.45) is 0 Å². The Labute approximate surface area is 202 Å². The molecule has 1 N–H and O–H groups in total. The number of carbonyl (C=O) groups excluding carboxylic acids is 1. The summed E-state index contributed by atoms with van der Waals surface area (Å²) in [5.74, 6) is -0.774. The Hall–Kier alpha value is -3.32. The van der Waals surface area contributed by atoms with Crippen LogP contribution in [0.1, 0.15) is 71.9 Å². The lowest BCUT2D eigenvalue weighted by molar-refractivity contribution is -0.172. The summed E-state index contributed by atoms with van der Waals surface area (Å²) < 4.78 is 21.7. The zero-order chi connectivity index (χ0) is 24.6. The number of aromatic nitrogens is 2. The van der Waals surface area contributed by atoms with E-state index in [9.17, 15) is 19.1 Å². The molecule has 4 heterocycles. The molecule has 0 amide bonds. The number of aliphatic hydroxyl groups is 1. The molecule has 0 bridgehead atoms. The van der Waals surface area contributed by atoms with Crippen molar-refractivity contribution in [1.29, 1.82) is 0 Å². The van der Waals surface area contributed by atoms with Crippen LogP contribution in [0.15, 0.2) is 29.6 Å². The number of allylic oxidation sites excluding steroid dienone is 1. The van der Waals surface area contributed by atoms with Crippen LogP contribution in [-0.4, -0.2) is 20.6 Å². The Bertz CT molecular complexity index is 1520. The molecule has 0 unspecified atom stereocenters. The summed E-state index contributed by atoms with van der Waals surface area (Å²) in [5.41, 5.74) is 3.99. The van der Waals surface area contributed by atoms with Crippen molar-refractivity contribution in [2.75, 3.05) is 0 Å². The summed E-state index contributed by atoms with van der Waals surface area (Å²) in [6, 6.07) is 3.21. The summed E-state index contributed by atoms with van der Waals surface area (Å²) in [5, 5.41) is 12.1. The molecule has 7 heteroatoms. The van der Waals surface area contributed by atoms with E-state index in [-0.39, 0.29) is 35.9 Å². The Morgan fingerprint density at radius 1 is 1.31 bits per heavy atom. The van der Waals surface area contributed by atoms with Gasteiger partial charge in [-0.2, -0.15) is 0 Å². The van der Waals surface area contributed by atoms with Crippen LogP contribution < -0.4 is 5.56 Å². The van der Waals surface area contributed by atoms with Gasteiger partial charge in [-0.1, -0.05) is 13.0 Å². The van der Waals surface area contributed by atoms with Gasteiger partial charge in [0, 0.05) is 22.6 Å². The van der Waals surface area contributed by atoms with E-state index in [4.69, 9.17) is 9.72 Å². The normalized spacial score (nSPS) is 21.9. The number of nitrogens with zero attached hydrogens (tertiary/aromatic N) is 2. The second-order valence-corrected chi connectivity index (χ2v) is 9.91. The van der Waals surface area contributed by atoms with Gasteiger partial charge in [0.2, 0.25) is 0 Å². The van der Waals surface area contributed by atoms with Crippen molar-refractivity contribution in [3.8, 4) is 11.4 Å². The van der Waals surface area contributed by atoms with Crippen LogP contribution in [0, 0.1) is 12.7 Å². The predicted octanol–water partition coefficient (Wildman–Crippen LogP) is 4.52. The second kappa shape index (κ2) is 7.59. The van der Waals surface area contributed by atoms with Crippen molar-refractivity contribution < 1.29 is 19.0 Å². The Morgan fingerprint density at radius 3 is 2.86 bits per heavy atom. The number of pyridine rings is 2. The molecule has 0 saturated carbocycles. The molecule has 180 valence electrons. The topological polar surface area (TPSA) is 81.4 Å². The average molecular weight is 475 g/mol. The van der Waals surface area contributed by atoms with Gasteiger partial charge in [-0.05, 0) is 67.7 Å². The van der Waals surface area contributed by atoms with Gasteiger partial charge in [-0.25, -0.2) is 14.2 Å². The number of rotatable bonds is 4. The Balaban J connectivity index is 1.67. The molecule has 0 saturated heterocycles. The highest BCUT2D eigenvalue weighted by Gasteiger charge is 2.45. The predicted molar refractivity (Wildman–Crippen MR) is 130 cm³/mol. The van der Waals surface area contributed by atoms with Crippen LogP contribution in [0.2, 0.25) is 0 Å². The smallest absolute Gasteiger partial charge is 0.343 e. The van der Waals surface area contributed by atoms with E-state index >= 15 is 0 Å². The molecule has 1 aliphatic carbocycles. The molecule has 3 aromatic rings. The van der Waals surface area contributed by atoms with Crippen molar-refractivity contribution in [2.45, 2.75) is 70.6 Å². The molecule has 3 aliphatic rings. The van der Waals surface area contributed by atoms with Gasteiger partial charge >= 0.3 is 5.97 Å². The lowest BCUT2D eigenvalue weighted by Gasteiger charge is -2.31. The van der Waals surface area contributed by atoms with E-state index in [0.717, 1.165) is 47.8 Å². The minimum absolute atomic E-state index is 0.0858. The number of cyclic esters (lactones) is 1. The quantitative estimate of drug-likeness (QED) is 0.347. The first-order valence-electron chi connectivity index (χ1n) is 12.2. The number of aryl methyl sites for hydroxylation is 1. The SMILES string of the molecule is C=CCC[C@H]1CCc2c(C)c(F)cc3nc4c(c1c23)Cn1c-4cc2c(c1=O)COC(=O)[C@]2(O)CC. The summed E-state index contributed by atoms with van der Waals surface area (Å²) in [6.45, 7) is 7.58. The zero-order valence-electron chi connectivity index (χ0n) is 19.9. The van der Waals surface area contributed by atoms with E-state index in [1.165, 1.54) is 6.07 Å². The van der Waals surface area contributed by atoms with E-state index in [0.29, 0.717) is 34.6 Å². The molecule has 6 rings (SSSR count). The summed E-state index contributed by atoms with van der Waals surface area (Å²) in [6.07, 6.45) is 5.48. The first kappa shape index (κ1) is 22.2. The monoisotopic (exact) mass is 474 g/mol. The average Bonchev–Trinajstić information content (AvgIpc) is 3.22. The highest BCUT2D eigenvalue weighted by atomic mass is 19.1. The fourth-order valence-electron chi connectivity index (χ4n) is 6.26. The summed E-state index contributed by atoms with van der Waals surface area (Å²) in [7, 11) is 0. The minimum Gasteiger partial charge on any atom is -0.458 e. The van der Waals surface area contributed by atoms with Gasteiger partial charge in [0.15, 0.2) is 5.60 Å². The van der Waals surface area contributed by atoms with Crippen LogP contribution >= 0.6 is 0 Å². The molecule has 2 atom stereocenters. The molecule has 6 nitrogen and oxygen atoms in total. The van der Waals surface area contributed by atoms with E-state index < -0.39 is 11.6 Å². The van der Waals surface area contributed by atoms with E-state index in [1.807, 2.05) is 13.0 Å². The van der Waals surface area contributed by atoms with Crippen molar-refractivity contribution in [3.05, 3.63) is 74.3 Å². The van der Waals surface area contributed by atoms with Crippen molar-refractivity contribution in [3.63, 3.8) is 0 Å². The van der Waals surface area contributed by atoms with Crippen LogP contribution in [0.3, 0.4) is 0 Å². The van der Waals surface area contributed by atoms with Gasteiger partial charge in [0.25, 0.3) is 5.56 Å². The maximum atomic E-state index is 14.9. The van der Waals surface area contributed by atoms with Gasteiger partial charge < -0.3 is 14.4 Å². The largest absolute Gasteiger partial charge is 0.458 e. The van der Waals surface area contributed by atoms with Crippen molar-refractivity contribution >= 4 is 16.9 Å². The van der Waals surface area contributed by atoms with Crippen molar-refractivity contribution in [1.82, 2.24) is 9.55 Å². The summed E-state index contributed by atoms with van der Waals surface area (Å²) >= 11 is 0. The maximum Gasteiger partial charge on any atom is 0.343 e. The molecule has 0 spiro atoms. The first-order valence-corrected chi connectivity index (χ1v) is 12.2. The highest BCUT2D eigenvalue weighted by molar-refractivity contribution is 5.93. The standard InChI is InChI=1S/C28H27FN2O4/c1-4-6-7-15-8-9-16-14(3)20(29)11-21-24(16)23(15)17-12-31-22(25(17)30-21)10-19-18(26(31)32)13-35-27(33)28(19,34)5-2/h4,10-11,15,34H,1,5-9,12-13H2,2-3H3/t15-,28-/m0/s1. The van der Waals surface area contributed by atoms with Crippen LogP contribution in [0.4, 0.5) is 4.39 Å². The minimum atomic E-state index is -1.88. The fraction of sp³-hybridized carbons (Fsp3) is 0.393. The second-order valence-electron chi connectivity index (χ2n) is 9.91. The first-order chi connectivity index (χ1) is 16.8. The number of fused-ring (bicyclic) bond motifs is 5. The third-order valence-corrected chi connectivity index (χ3v) is 8.22. The Morgan fingerprint density at radius 2 is 2.11 bits per heavy atom. The lowest BCUT2D eigenvalue weighted by Crippen LogP contribution is -2.44. The van der Waals surface area contributed by atoms with Gasteiger partial charge in [0.05, 0.1) is 29.0 Å². The van der Waals surface area contributed by atoms with Gasteiger partial charge in [-0.3, -0.25) is 4.79 Å². The third-order valence-electron chi connectivity index (χ3n) is 8.22. The number of hydrogen-bond donors (Lipinski definition) is 1. The fourth-order valence-corrected chi connectivity index (χ4v) is 6.26. The van der Waals surface area contributed by atoms with Crippen LogP contribution in [-0.2, 0) is 34.7 Å². The molecule has 2 aliphatic heterocycles. The summed E-state index contributed by atoms with van der Waals surface area (Å²) in [4.78, 5) is 30.9. The Kier molecular flexibility index (Phi) is 4.81. The lowest BCUT2D eigenvalue weighted by atomic mass is 9.76. The molecular weight excluding hydrogens is 447 g/mol. The van der Waals surface area contributed by atoms with Gasteiger partial charge in [-0.15, -0.1) is 6.58 Å². The number of ether oxygens (including phenoxy) is 1. The highest BCUT2D eigenvalue weighted by Crippen LogP contribution is 2.47. The molecule has 0 fully saturated rings. The van der Waals surface area contributed by atoms with Crippen LogP contribution in [0.25, 0.3) is 22.3 Å². The van der Waals surface area contributed by atoms with Gasteiger partial charge in [0.1, 0.15) is 12.4 Å². The zero-order valence-corrected chi connectivity index (χ0v) is 19.9. The number of benzene rings is 1. The molecule has 35 heavy (non-hydrogen) atoms. The number of hydrogen-bond acceptors (Lipinski definition) is 5. The molecule has 0 radical (unpaired) electrons. The molecule has 2 aromatic heterocycles. The third kappa shape index (κ3) is 2.88. The molecule has 1 aromatic carbocycles. The van der Waals surface area contributed by atoms with Crippen LogP contribution in [0.5, 0.6) is 0 Å². The number of esters is 1. The maximum absolute atomic E-state index is 14.9. The number of carbonyl (C=O) groups is 1. The van der Waals surface area contributed by atoms with E-state index in [1.54, 1.807) is 17.6 Å².